The predicted octanol–water partition coefficient (Wildman–Crippen LogP) is 4.49. The van der Waals surface area contributed by atoms with Crippen molar-refractivity contribution >= 4 is 22.8 Å². The van der Waals surface area contributed by atoms with Crippen molar-refractivity contribution in [2.24, 2.45) is 7.05 Å². The van der Waals surface area contributed by atoms with Crippen molar-refractivity contribution in [3.8, 4) is 28.3 Å². The van der Waals surface area contributed by atoms with Gasteiger partial charge in [-0.15, -0.1) is 0 Å². The number of nitrogens with zero attached hydrogens (tertiary/aromatic N) is 5. The number of hydrogen-bond acceptors (Lipinski definition) is 6. The lowest BCUT2D eigenvalue weighted by Gasteiger charge is -2.12. The summed E-state index contributed by atoms with van der Waals surface area (Å²) < 4.78 is 20.7. The molecule has 0 atom stereocenters. The molecule has 5 aromatic rings. The molecular weight excluding hydrogens is 435 g/mol. The fraction of sp³-hybridized carbons (Fsp3) is 0.0800. The van der Waals surface area contributed by atoms with Crippen molar-refractivity contribution in [3.05, 3.63) is 84.6 Å². The second kappa shape index (κ2) is 8.70. The van der Waals surface area contributed by atoms with Gasteiger partial charge in [-0.25, -0.2) is 19.3 Å². The van der Waals surface area contributed by atoms with E-state index in [-0.39, 0.29) is 11.4 Å². The van der Waals surface area contributed by atoms with Gasteiger partial charge in [0.25, 0.3) is 5.91 Å². The summed E-state index contributed by atoms with van der Waals surface area (Å²) in [5, 5.41) is 7.32. The zero-order valence-electron chi connectivity index (χ0n) is 18.4. The largest absolute Gasteiger partial charge is 0.493 e. The molecule has 3 aromatic heterocycles. The molecular formula is C25H19FN6O2. The molecule has 0 saturated heterocycles. The highest BCUT2D eigenvalue weighted by Crippen LogP contribution is 2.35. The van der Waals surface area contributed by atoms with Crippen LogP contribution in [0.15, 0.2) is 73.2 Å². The van der Waals surface area contributed by atoms with Gasteiger partial charge in [0.15, 0.2) is 11.6 Å². The second-order valence-electron chi connectivity index (χ2n) is 7.52. The second-order valence-corrected chi connectivity index (χ2v) is 7.52. The standard InChI is InChI=1S/C25H19FN6O2/c1-32-13-18(21(31-32)15-7-4-3-5-8-15)22-23-19(27-14-28-22)12-20(34-2)24(29-23)30-25(33)16-9-6-10-17(26)11-16/h3-14H,1-2H3,(H,29,30,33). The van der Waals surface area contributed by atoms with Crippen molar-refractivity contribution in [1.82, 2.24) is 24.7 Å². The summed E-state index contributed by atoms with van der Waals surface area (Å²) in [6, 6.07) is 16.8. The maximum absolute atomic E-state index is 13.6. The summed E-state index contributed by atoms with van der Waals surface area (Å²) in [5.74, 6) is -0.539. The highest BCUT2D eigenvalue weighted by atomic mass is 19.1. The maximum atomic E-state index is 13.6. The fourth-order valence-electron chi connectivity index (χ4n) is 3.69. The van der Waals surface area contributed by atoms with E-state index in [0.717, 1.165) is 22.9 Å². The first-order valence-electron chi connectivity index (χ1n) is 10.4. The lowest BCUT2D eigenvalue weighted by atomic mass is 10.0. The van der Waals surface area contributed by atoms with Gasteiger partial charge in [-0.1, -0.05) is 36.4 Å². The smallest absolute Gasteiger partial charge is 0.257 e. The van der Waals surface area contributed by atoms with E-state index in [1.165, 1.54) is 31.6 Å². The van der Waals surface area contributed by atoms with Crippen LogP contribution in [-0.4, -0.2) is 37.7 Å². The molecule has 0 saturated carbocycles. The minimum Gasteiger partial charge on any atom is -0.493 e. The number of halogens is 1. The van der Waals surface area contributed by atoms with Crippen molar-refractivity contribution < 1.29 is 13.9 Å². The highest BCUT2D eigenvalue weighted by Gasteiger charge is 2.20. The zero-order valence-corrected chi connectivity index (χ0v) is 18.4. The molecule has 0 spiro atoms. The van der Waals surface area contributed by atoms with Crippen LogP contribution in [0.5, 0.6) is 5.75 Å². The van der Waals surface area contributed by atoms with Gasteiger partial charge in [-0.05, 0) is 18.2 Å². The van der Waals surface area contributed by atoms with E-state index in [0.29, 0.717) is 22.5 Å². The molecule has 3 heterocycles. The monoisotopic (exact) mass is 454 g/mol. The van der Waals surface area contributed by atoms with Gasteiger partial charge < -0.3 is 10.1 Å². The van der Waals surface area contributed by atoms with E-state index < -0.39 is 11.7 Å². The zero-order chi connectivity index (χ0) is 23.7. The molecule has 9 heteroatoms. The predicted molar refractivity (Wildman–Crippen MR) is 126 cm³/mol. The number of benzene rings is 2. The van der Waals surface area contributed by atoms with Crippen LogP contribution < -0.4 is 10.1 Å². The van der Waals surface area contributed by atoms with Crippen LogP contribution in [0.3, 0.4) is 0 Å². The Labute approximate surface area is 194 Å². The van der Waals surface area contributed by atoms with E-state index in [4.69, 9.17) is 4.74 Å². The van der Waals surface area contributed by atoms with Gasteiger partial charge in [0, 0.05) is 36.0 Å². The number of pyridine rings is 1. The summed E-state index contributed by atoms with van der Waals surface area (Å²) in [7, 11) is 3.30. The SMILES string of the molecule is COc1cc2ncnc(-c3cn(C)nc3-c3ccccc3)c2nc1NC(=O)c1cccc(F)c1. The normalized spacial score (nSPS) is 10.9. The van der Waals surface area contributed by atoms with Crippen molar-refractivity contribution in [2.45, 2.75) is 0 Å². The lowest BCUT2D eigenvalue weighted by Crippen LogP contribution is -2.14. The molecule has 0 radical (unpaired) electrons. The van der Waals surface area contributed by atoms with Crippen molar-refractivity contribution in [3.63, 3.8) is 0 Å². The van der Waals surface area contributed by atoms with E-state index in [1.54, 1.807) is 10.7 Å². The van der Waals surface area contributed by atoms with Crippen LogP contribution in [-0.2, 0) is 7.05 Å². The lowest BCUT2D eigenvalue weighted by molar-refractivity contribution is 0.102. The molecule has 0 fully saturated rings. The number of carbonyl (C=O) groups excluding carboxylic acids is 1. The number of aromatic nitrogens is 5. The van der Waals surface area contributed by atoms with Gasteiger partial charge in [-0.3, -0.25) is 9.48 Å². The Morgan fingerprint density at radius 1 is 1.03 bits per heavy atom. The molecule has 5 rings (SSSR count). The van der Waals surface area contributed by atoms with Crippen molar-refractivity contribution in [2.75, 3.05) is 12.4 Å². The fourth-order valence-corrected chi connectivity index (χ4v) is 3.69. The Balaban J connectivity index is 1.64. The first kappa shape index (κ1) is 21.2. The quantitative estimate of drug-likeness (QED) is 0.420. The first-order chi connectivity index (χ1) is 16.5. The van der Waals surface area contributed by atoms with Crippen LogP contribution in [0.4, 0.5) is 10.2 Å². The molecule has 34 heavy (non-hydrogen) atoms. The molecule has 0 unspecified atom stereocenters. The molecule has 1 amide bonds. The van der Waals surface area contributed by atoms with Crippen LogP contribution >= 0.6 is 0 Å². The third-order valence-corrected chi connectivity index (χ3v) is 5.25. The van der Waals surface area contributed by atoms with Crippen molar-refractivity contribution in [1.29, 1.82) is 0 Å². The van der Waals surface area contributed by atoms with E-state index in [2.05, 4.69) is 25.4 Å². The molecule has 8 nitrogen and oxygen atoms in total. The van der Waals surface area contributed by atoms with Crippen LogP contribution in [0, 0.1) is 5.82 Å². The average molecular weight is 454 g/mol. The Hall–Kier alpha value is -4.66. The minimum absolute atomic E-state index is 0.159. The van der Waals surface area contributed by atoms with Crippen LogP contribution in [0.2, 0.25) is 0 Å². The molecule has 0 bridgehead atoms. The van der Waals surface area contributed by atoms with Crippen LogP contribution in [0.25, 0.3) is 33.5 Å². The van der Waals surface area contributed by atoms with Gasteiger partial charge >= 0.3 is 0 Å². The Bertz CT molecular complexity index is 1520. The first-order valence-corrected chi connectivity index (χ1v) is 10.4. The molecule has 168 valence electrons. The summed E-state index contributed by atoms with van der Waals surface area (Å²) >= 11 is 0. The Kier molecular flexibility index (Phi) is 5.43. The van der Waals surface area contributed by atoms with Gasteiger partial charge in [0.1, 0.15) is 29.0 Å². The van der Waals surface area contributed by atoms with E-state index in [9.17, 15) is 9.18 Å². The number of fused-ring (bicyclic) bond motifs is 1. The highest BCUT2D eigenvalue weighted by molar-refractivity contribution is 6.05. The average Bonchev–Trinajstić information content (AvgIpc) is 3.25. The number of aryl methyl sites for hydroxylation is 1. The van der Waals surface area contributed by atoms with E-state index >= 15 is 0 Å². The van der Waals surface area contributed by atoms with Gasteiger partial charge in [-0.2, -0.15) is 5.10 Å². The number of hydrogen-bond donors (Lipinski definition) is 1. The number of carbonyl (C=O) groups is 1. The topological polar surface area (TPSA) is 94.8 Å². The molecule has 2 aromatic carbocycles. The summed E-state index contributed by atoms with van der Waals surface area (Å²) in [6.45, 7) is 0. The minimum atomic E-state index is -0.519. The summed E-state index contributed by atoms with van der Waals surface area (Å²) in [5.41, 5.74) is 4.15. The van der Waals surface area contributed by atoms with Gasteiger partial charge in [0.05, 0.1) is 12.6 Å². The number of anilines is 1. The van der Waals surface area contributed by atoms with Crippen LogP contribution in [0.1, 0.15) is 10.4 Å². The Morgan fingerprint density at radius 2 is 1.85 bits per heavy atom. The number of nitrogens with one attached hydrogen (secondary N) is 1. The third kappa shape index (κ3) is 3.95. The molecule has 0 aliphatic rings. The summed E-state index contributed by atoms with van der Waals surface area (Å²) in [6.07, 6.45) is 3.31. The number of methoxy groups -OCH3 is 1. The number of ether oxygens (including phenoxy) is 1. The third-order valence-electron chi connectivity index (χ3n) is 5.25. The van der Waals surface area contributed by atoms with E-state index in [1.807, 2.05) is 43.6 Å². The maximum Gasteiger partial charge on any atom is 0.257 e. The molecule has 0 aliphatic carbocycles. The number of amides is 1. The number of rotatable bonds is 5. The molecule has 1 N–H and O–H groups in total. The van der Waals surface area contributed by atoms with Gasteiger partial charge in [0.2, 0.25) is 0 Å². The molecule has 0 aliphatic heterocycles. The summed E-state index contributed by atoms with van der Waals surface area (Å²) in [4.78, 5) is 26.2. The Morgan fingerprint density at radius 3 is 2.62 bits per heavy atom.